The molecule has 0 bridgehead atoms. The SMILES string of the molecule is NC(CCc1ccco1)Cc1ccccc1F. The Bertz CT molecular complexity index is 453. The predicted octanol–water partition coefficient (Wildman–Crippen LogP) is 2.92. The molecule has 0 amide bonds. The summed E-state index contributed by atoms with van der Waals surface area (Å²) < 4.78 is 18.6. The second-order valence-corrected chi connectivity index (χ2v) is 4.17. The molecule has 1 aromatic carbocycles. The van der Waals surface area contributed by atoms with Crippen molar-refractivity contribution in [1.82, 2.24) is 0 Å². The van der Waals surface area contributed by atoms with Crippen LogP contribution in [0, 0.1) is 5.82 Å². The average molecular weight is 233 g/mol. The van der Waals surface area contributed by atoms with Gasteiger partial charge in [-0.25, -0.2) is 4.39 Å². The molecule has 0 saturated heterocycles. The maximum atomic E-state index is 13.4. The van der Waals surface area contributed by atoms with Crippen molar-refractivity contribution in [3.8, 4) is 0 Å². The molecule has 1 atom stereocenters. The first kappa shape index (κ1) is 11.9. The van der Waals surface area contributed by atoms with Crippen molar-refractivity contribution in [3.05, 3.63) is 59.8 Å². The first-order valence-corrected chi connectivity index (χ1v) is 5.77. The Kier molecular flexibility index (Phi) is 3.94. The summed E-state index contributed by atoms with van der Waals surface area (Å²) >= 11 is 0. The fraction of sp³-hybridized carbons (Fsp3) is 0.286. The lowest BCUT2D eigenvalue weighted by Gasteiger charge is -2.11. The van der Waals surface area contributed by atoms with E-state index in [0.717, 1.165) is 18.6 Å². The van der Waals surface area contributed by atoms with Crippen LogP contribution in [0.25, 0.3) is 0 Å². The highest BCUT2D eigenvalue weighted by Crippen LogP contribution is 2.12. The minimum atomic E-state index is -0.180. The first-order chi connectivity index (χ1) is 8.25. The van der Waals surface area contributed by atoms with Crippen LogP contribution >= 0.6 is 0 Å². The van der Waals surface area contributed by atoms with Gasteiger partial charge in [-0.2, -0.15) is 0 Å². The van der Waals surface area contributed by atoms with Gasteiger partial charge in [0.25, 0.3) is 0 Å². The summed E-state index contributed by atoms with van der Waals surface area (Å²) in [6.07, 6.45) is 3.80. The average Bonchev–Trinajstić information content (AvgIpc) is 2.82. The Hall–Kier alpha value is -1.61. The molecule has 2 N–H and O–H groups in total. The van der Waals surface area contributed by atoms with E-state index in [1.807, 2.05) is 18.2 Å². The lowest BCUT2D eigenvalue weighted by atomic mass is 10.0. The molecule has 0 aliphatic rings. The fourth-order valence-corrected chi connectivity index (χ4v) is 1.83. The van der Waals surface area contributed by atoms with Crippen molar-refractivity contribution in [2.45, 2.75) is 25.3 Å². The summed E-state index contributed by atoms with van der Waals surface area (Å²) in [6.45, 7) is 0. The monoisotopic (exact) mass is 233 g/mol. The zero-order valence-electron chi connectivity index (χ0n) is 9.60. The van der Waals surface area contributed by atoms with E-state index in [9.17, 15) is 4.39 Å². The molecule has 2 nitrogen and oxygen atoms in total. The number of rotatable bonds is 5. The Labute approximate surface area is 100 Å². The van der Waals surface area contributed by atoms with Crippen LogP contribution in [0.4, 0.5) is 4.39 Å². The topological polar surface area (TPSA) is 39.2 Å². The Morgan fingerprint density at radius 1 is 1.18 bits per heavy atom. The highest BCUT2D eigenvalue weighted by molar-refractivity contribution is 5.18. The van der Waals surface area contributed by atoms with E-state index < -0.39 is 0 Å². The van der Waals surface area contributed by atoms with E-state index in [2.05, 4.69) is 0 Å². The Balaban J connectivity index is 1.85. The maximum Gasteiger partial charge on any atom is 0.126 e. The van der Waals surface area contributed by atoms with Gasteiger partial charge in [0.1, 0.15) is 11.6 Å². The van der Waals surface area contributed by atoms with Crippen molar-refractivity contribution in [1.29, 1.82) is 0 Å². The fourth-order valence-electron chi connectivity index (χ4n) is 1.83. The van der Waals surface area contributed by atoms with Gasteiger partial charge in [-0.3, -0.25) is 0 Å². The number of halogens is 1. The van der Waals surface area contributed by atoms with Crippen LogP contribution in [0.5, 0.6) is 0 Å². The minimum Gasteiger partial charge on any atom is -0.469 e. The predicted molar refractivity (Wildman–Crippen MR) is 65.1 cm³/mol. The normalized spacial score (nSPS) is 12.6. The minimum absolute atomic E-state index is 0.0444. The third-order valence-corrected chi connectivity index (χ3v) is 2.78. The molecule has 0 spiro atoms. The van der Waals surface area contributed by atoms with E-state index >= 15 is 0 Å². The van der Waals surface area contributed by atoms with E-state index in [1.165, 1.54) is 6.07 Å². The van der Waals surface area contributed by atoms with Crippen molar-refractivity contribution in [3.63, 3.8) is 0 Å². The van der Waals surface area contributed by atoms with Gasteiger partial charge in [-0.05, 0) is 36.6 Å². The molecule has 1 unspecified atom stereocenters. The standard InChI is InChI=1S/C14H16FNO/c15-14-6-2-1-4-11(14)10-12(16)7-8-13-5-3-9-17-13/h1-6,9,12H,7-8,10,16H2. The first-order valence-electron chi connectivity index (χ1n) is 5.77. The molecule has 1 heterocycles. The van der Waals surface area contributed by atoms with Gasteiger partial charge in [0.2, 0.25) is 0 Å². The molecule has 0 saturated carbocycles. The maximum absolute atomic E-state index is 13.4. The van der Waals surface area contributed by atoms with Gasteiger partial charge in [0.15, 0.2) is 0 Å². The van der Waals surface area contributed by atoms with Crippen LogP contribution in [0.2, 0.25) is 0 Å². The van der Waals surface area contributed by atoms with E-state index in [4.69, 9.17) is 10.2 Å². The largest absolute Gasteiger partial charge is 0.469 e. The van der Waals surface area contributed by atoms with Gasteiger partial charge in [-0.1, -0.05) is 18.2 Å². The zero-order chi connectivity index (χ0) is 12.1. The second-order valence-electron chi connectivity index (χ2n) is 4.17. The zero-order valence-corrected chi connectivity index (χ0v) is 9.60. The van der Waals surface area contributed by atoms with Crippen molar-refractivity contribution >= 4 is 0 Å². The molecule has 17 heavy (non-hydrogen) atoms. The summed E-state index contributed by atoms with van der Waals surface area (Å²) in [6, 6.07) is 10.5. The summed E-state index contributed by atoms with van der Waals surface area (Å²) in [5.41, 5.74) is 6.66. The molecular formula is C14H16FNO. The van der Waals surface area contributed by atoms with E-state index in [0.29, 0.717) is 12.0 Å². The number of hydrogen-bond acceptors (Lipinski definition) is 2. The van der Waals surface area contributed by atoms with E-state index in [1.54, 1.807) is 18.4 Å². The number of furan rings is 1. The van der Waals surface area contributed by atoms with Crippen molar-refractivity contribution in [2.24, 2.45) is 5.73 Å². The molecular weight excluding hydrogens is 217 g/mol. The van der Waals surface area contributed by atoms with Gasteiger partial charge < -0.3 is 10.2 Å². The van der Waals surface area contributed by atoms with E-state index in [-0.39, 0.29) is 11.9 Å². The lowest BCUT2D eigenvalue weighted by Crippen LogP contribution is -2.23. The van der Waals surface area contributed by atoms with Crippen LogP contribution in [-0.2, 0) is 12.8 Å². The molecule has 2 aromatic rings. The number of benzene rings is 1. The molecule has 0 fully saturated rings. The molecule has 90 valence electrons. The Morgan fingerprint density at radius 3 is 2.71 bits per heavy atom. The van der Waals surface area contributed by atoms with Crippen LogP contribution in [0.15, 0.2) is 47.1 Å². The third kappa shape index (κ3) is 3.43. The third-order valence-electron chi connectivity index (χ3n) is 2.78. The second kappa shape index (κ2) is 5.64. The quantitative estimate of drug-likeness (QED) is 0.862. The van der Waals surface area contributed by atoms with Crippen LogP contribution in [0.3, 0.4) is 0 Å². The molecule has 2 rings (SSSR count). The van der Waals surface area contributed by atoms with Crippen molar-refractivity contribution < 1.29 is 8.81 Å². The van der Waals surface area contributed by atoms with Gasteiger partial charge in [0, 0.05) is 12.5 Å². The molecule has 1 aromatic heterocycles. The highest BCUT2D eigenvalue weighted by atomic mass is 19.1. The summed E-state index contributed by atoms with van der Waals surface area (Å²) in [5.74, 6) is 0.745. The summed E-state index contributed by atoms with van der Waals surface area (Å²) in [5, 5.41) is 0. The van der Waals surface area contributed by atoms with Gasteiger partial charge in [-0.15, -0.1) is 0 Å². The van der Waals surface area contributed by atoms with Gasteiger partial charge in [0.05, 0.1) is 6.26 Å². The number of hydrogen-bond donors (Lipinski definition) is 1. The van der Waals surface area contributed by atoms with Crippen molar-refractivity contribution in [2.75, 3.05) is 0 Å². The van der Waals surface area contributed by atoms with Crippen LogP contribution in [0.1, 0.15) is 17.7 Å². The number of nitrogens with two attached hydrogens (primary N) is 1. The number of aryl methyl sites for hydroxylation is 1. The molecule has 3 heteroatoms. The van der Waals surface area contributed by atoms with Gasteiger partial charge >= 0.3 is 0 Å². The molecule has 0 aliphatic carbocycles. The smallest absolute Gasteiger partial charge is 0.126 e. The lowest BCUT2D eigenvalue weighted by molar-refractivity contribution is 0.481. The molecule has 0 aliphatic heterocycles. The summed E-state index contributed by atoms with van der Waals surface area (Å²) in [7, 11) is 0. The summed E-state index contributed by atoms with van der Waals surface area (Å²) in [4.78, 5) is 0. The molecule has 0 radical (unpaired) electrons. The van der Waals surface area contributed by atoms with Crippen LogP contribution < -0.4 is 5.73 Å². The Morgan fingerprint density at radius 2 is 2.00 bits per heavy atom. The van der Waals surface area contributed by atoms with Crippen LogP contribution in [-0.4, -0.2) is 6.04 Å². The highest BCUT2D eigenvalue weighted by Gasteiger charge is 2.08.